The molecule has 2 N–H and O–H groups in total. The van der Waals surface area contributed by atoms with E-state index in [9.17, 15) is 14.4 Å². The molecule has 3 amide bonds. The SMILES string of the molecule is Cc1ccc(NC(=O)C(=O)Nc2ccccc2C#N)cc1N1CCCCC1=O. The molecule has 3 rings (SSSR count). The lowest BCUT2D eigenvalue weighted by molar-refractivity contribution is -0.133. The maximum atomic E-state index is 12.3. The van der Waals surface area contributed by atoms with Gasteiger partial charge in [-0.15, -0.1) is 0 Å². The molecule has 0 atom stereocenters. The van der Waals surface area contributed by atoms with Gasteiger partial charge in [-0.25, -0.2) is 0 Å². The van der Waals surface area contributed by atoms with Crippen LogP contribution in [0.1, 0.15) is 30.4 Å². The average molecular weight is 376 g/mol. The van der Waals surface area contributed by atoms with Gasteiger partial charge in [0.15, 0.2) is 0 Å². The fourth-order valence-electron chi connectivity index (χ4n) is 3.10. The molecule has 0 aliphatic carbocycles. The van der Waals surface area contributed by atoms with E-state index in [0.29, 0.717) is 18.7 Å². The standard InChI is InChI=1S/C21H20N4O3/c1-14-9-10-16(12-18(14)25-11-5-4-8-19(25)26)23-20(27)21(28)24-17-7-3-2-6-15(17)13-22/h2-3,6-7,9-10,12H,4-5,8,11H2,1H3,(H,23,27)(H,24,28). The lowest BCUT2D eigenvalue weighted by atomic mass is 10.1. The lowest BCUT2D eigenvalue weighted by Crippen LogP contribution is -2.35. The van der Waals surface area contributed by atoms with Crippen molar-refractivity contribution >= 4 is 34.8 Å². The van der Waals surface area contributed by atoms with Gasteiger partial charge in [0, 0.05) is 24.3 Å². The number of nitrogens with one attached hydrogen (secondary N) is 2. The largest absolute Gasteiger partial charge is 0.318 e. The first kappa shape index (κ1) is 19.1. The number of hydrogen-bond donors (Lipinski definition) is 2. The third-order valence-electron chi connectivity index (χ3n) is 4.58. The van der Waals surface area contributed by atoms with Crippen molar-refractivity contribution in [2.45, 2.75) is 26.2 Å². The van der Waals surface area contributed by atoms with E-state index in [1.54, 1.807) is 47.4 Å². The maximum Gasteiger partial charge on any atom is 0.314 e. The number of nitriles is 1. The van der Waals surface area contributed by atoms with Gasteiger partial charge >= 0.3 is 11.8 Å². The third kappa shape index (κ3) is 4.18. The molecular formula is C21H20N4O3. The summed E-state index contributed by atoms with van der Waals surface area (Å²) in [7, 11) is 0. The molecule has 2 aromatic rings. The Hall–Kier alpha value is -3.66. The van der Waals surface area contributed by atoms with E-state index >= 15 is 0 Å². The molecule has 0 radical (unpaired) electrons. The zero-order valence-corrected chi connectivity index (χ0v) is 15.5. The highest BCUT2D eigenvalue weighted by Gasteiger charge is 2.22. The maximum absolute atomic E-state index is 12.3. The van der Waals surface area contributed by atoms with Gasteiger partial charge in [-0.3, -0.25) is 14.4 Å². The van der Waals surface area contributed by atoms with Crippen LogP contribution in [0.15, 0.2) is 42.5 Å². The summed E-state index contributed by atoms with van der Waals surface area (Å²) in [6, 6.07) is 13.6. The van der Waals surface area contributed by atoms with Crippen LogP contribution in [0.2, 0.25) is 0 Å². The summed E-state index contributed by atoms with van der Waals surface area (Å²) in [5.41, 5.74) is 2.62. The average Bonchev–Trinajstić information content (AvgIpc) is 2.70. The minimum Gasteiger partial charge on any atom is -0.318 e. The molecule has 0 spiro atoms. The van der Waals surface area contributed by atoms with E-state index in [-0.39, 0.29) is 17.2 Å². The van der Waals surface area contributed by atoms with Crippen LogP contribution in [0.3, 0.4) is 0 Å². The number of piperidine rings is 1. The number of anilines is 3. The number of benzene rings is 2. The Morgan fingerprint density at radius 3 is 2.57 bits per heavy atom. The van der Waals surface area contributed by atoms with Crippen LogP contribution in [-0.2, 0) is 14.4 Å². The first-order chi connectivity index (χ1) is 13.5. The molecule has 1 saturated heterocycles. The number of amides is 3. The van der Waals surface area contributed by atoms with Gasteiger partial charge in [-0.2, -0.15) is 5.26 Å². The molecule has 1 heterocycles. The molecular weight excluding hydrogens is 356 g/mol. The highest BCUT2D eigenvalue weighted by Crippen LogP contribution is 2.27. The predicted molar refractivity (Wildman–Crippen MR) is 106 cm³/mol. The van der Waals surface area contributed by atoms with E-state index in [1.807, 2.05) is 13.0 Å². The van der Waals surface area contributed by atoms with Gasteiger partial charge in [-0.05, 0) is 49.6 Å². The van der Waals surface area contributed by atoms with E-state index in [2.05, 4.69) is 10.6 Å². The first-order valence-electron chi connectivity index (χ1n) is 9.02. The topological polar surface area (TPSA) is 102 Å². The van der Waals surface area contributed by atoms with Crippen LogP contribution in [0.25, 0.3) is 0 Å². The number of carbonyl (C=O) groups is 3. The zero-order valence-electron chi connectivity index (χ0n) is 15.5. The van der Waals surface area contributed by atoms with Crippen LogP contribution < -0.4 is 15.5 Å². The predicted octanol–water partition coefficient (Wildman–Crippen LogP) is 2.96. The zero-order chi connectivity index (χ0) is 20.1. The molecule has 1 aliphatic rings. The lowest BCUT2D eigenvalue weighted by Gasteiger charge is -2.28. The van der Waals surface area contributed by atoms with Crippen LogP contribution in [0.5, 0.6) is 0 Å². The smallest absolute Gasteiger partial charge is 0.314 e. The van der Waals surface area contributed by atoms with Gasteiger partial charge < -0.3 is 15.5 Å². The summed E-state index contributed by atoms with van der Waals surface area (Å²) in [4.78, 5) is 38.4. The Kier molecular flexibility index (Phi) is 5.70. The third-order valence-corrected chi connectivity index (χ3v) is 4.58. The van der Waals surface area contributed by atoms with Gasteiger partial charge in [-0.1, -0.05) is 18.2 Å². The van der Waals surface area contributed by atoms with Crippen molar-refractivity contribution in [3.8, 4) is 6.07 Å². The van der Waals surface area contributed by atoms with E-state index in [1.165, 1.54) is 0 Å². The number of para-hydroxylation sites is 1. The van der Waals surface area contributed by atoms with Crippen molar-refractivity contribution in [3.63, 3.8) is 0 Å². The van der Waals surface area contributed by atoms with Crippen molar-refractivity contribution in [1.29, 1.82) is 5.26 Å². The monoisotopic (exact) mass is 376 g/mol. The van der Waals surface area contributed by atoms with E-state index in [0.717, 1.165) is 24.1 Å². The van der Waals surface area contributed by atoms with Crippen molar-refractivity contribution in [2.24, 2.45) is 0 Å². The summed E-state index contributed by atoms with van der Waals surface area (Å²) in [6.45, 7) is 2.54. The quantitative estimate of drug-likeness (QED) is 0.804. The van der Waals surface area contributed by atoms with E-state index < -0.39 is 11.8 Å². The number of nitrogens with zero attached hydrogens (tertiary/aromatic N) is 2. The number of hydrogen-bond acceptors (Lipinski definition) is 4. The second-order valence-electron chi connectivity index (χ2n) is 6.57. The van der Waals surface area contributed by atoms with Crippen LogP contribution in [0.4, 0.5) is 17.1 Å². The molecule has 1 aliphatic heterocycles. The number of aryl methyl sites for hydroxylation is 1. The molecule has 1 fully saturated rings. The Labute approximate surface area is 163 Å². The minimum absolute atomic E-state index is 0.0590. The summed E-state index contributed by atoms with van der Waals surface area (Å²) in [6.07, 6.45) is 2.33. The molecule has 142 valence electrons. The Bertz CT molecular complexity index is 978. The van der Waals surface area contributed by atoms with Crippen LogP contribution in [0, 0.1) is 18.3 Å². The summed E-state index contributed by atoms with van der Waals surface area (Å²) >= 11 is 0. The fourth-order valence-corrected chi connectivity index (χ4v) is 3.10. The summed E-state index contributed by atoms with van der Waals surface area (Å²) in [5, 5.41) is 14.1. The van der Waals surface area contributed by atoms with Crippen LogP contribution >= 0.6 is 0 Å². The van der Waals surface area contributed by atoms with Gasteiger partial charge in [0.25, 0.3) is 0 Å². The van der Waals surface area contributed by atoms with Gasteiger partial charge in [0.1, 0.15) is 6.07 Å². The molecule has 0 unspecified atom stereocenters. The Balaban J connectivity index is 1.73. The van der Waals surface area contributed by atoms with Crippen molar-refractivity contribution in [2.75, 3.05) is 22.1 Å². The van der Waals surface area contributed by atoms with Gasteiger partial charge in [0.05, 0.1) is 11.3 Å². The molecule has 7 nitrogen and oxygen atoms in total. The second-order valence-corrected chi connectivity index (χ2v) is 6.57. The second kappa shape index (κ2) is 8.35. The highest BCUT2D eigenvalue weighted by molar-refractivity contribution is 6.43. The molecule has 7 heteroatoms. The van der Waals surface area contributed by atoms with Crippen LogP contribution in [-0.4, -0.2) is 24.3 Å². The number of rotatable bonds is 3. The first-order valence-corrected chi connectivity index (χ1v) is 9.02. The normalized spacial score (nSPS) is 13.6. The van der Waals surface area contributed by atoms with Crippen molar-refractivity contribution in [1.82, 2.24) is 0 Å². The van der Waals surface area contributed by atoms with Gasteiger partial charge in [0.2, 0.25) is 5.91 Å². The fraction of sp³-hybridized carbons (Fsp3) is 0.238. The van der Waals surface area contributed by atoms with E-state index in [4.69, 9.17) is 5.26 Å². The molecule has 0 aromatic heterocycles. The Morgan fingerprint density at radius 1 is 1.07 bits per heavy atom. The molecule has 28 heavy (non-hydrogen) atoms. The Morgan fingerprint density at radius 2 is 1.82 bits per heavy atom. The molecule has 0 saturated carbocycles. The highest BCUT2D eigenvalue weighted by atomic mass is 16.2. The minimum atomic E-state index is -0.876. The molecule has 2 aromatic carbocycles. The van der Waals surface area contributed by atoms with Crippen molar-refractivity contribution in [3.05, 3.63) is 53.6 Å². The molecule has 0 bridgehead atoms. The summed E-state index contributed by atoms with van der Waals surface area (Å²) in [5.74, 6) is -1.67. The van der Waals surface area contributed by atoms with Crippen molar-refractivity contribution < 1.29 is 14.4 Å². The summed E-state index contributed by atoms with van der Waals surface area (Å²) < 4.78 is 0. The number of carbonyl (C=O) groups excluding carboxylic acids is 3.